The first-order chi connectivity index (χ1) is 14.5. The first-order valence-electron chi connectivity index (χ1n) is 9.09. The summed E-state index contributed by atoms with van der Waals surface area (Å²) in [6.07, 6.45) is 0.177. The van der Waals surface area contributed by atoms with Gasteiger partial charge in [-0.1, -0.05) is 29.2 Å². The number of hydrogen-bond donors (Lipinski definition) is 1. The summed E-state index contributed by atoms with van der Waals surface area (Å²) in [6, 6.07) is 10.2. The smallest absolute Gasteiger partial charge is 0.230 e. The van der Waals surface area contributed by atoms with Crippen LogP contribution in [0.15, 0.2) is 46.1 Å². The number of aryl methyl sites for hydroxylation is 1. The van der Waals surface area contributed by atoms with Gasteiger partial charge in [0.15, 0.2) is 4.34 Å². The van der Waals surface area contributed by atoms with Crippen LogP contribution in [0.3, 0.4) is 0 Å². The van der Waals surface area contributed by atoms with E-state index in [1.807, 2.05) is 25.3 Å². The van der Waals surface area contributed by atoms with Crippen molar-refractivity contribution in [3.63, 3.8) is 0 Å². The second kappa shape index (κ2) is 9.07. The van der Waals surface area contributed by atoms with Crippen LogP contribution < -0.4 is 5.32 Å². The van der Waals surface area contributed by atoms with Crippen molar-refractivity contribution in [2.24, 2.45) is 0 Å². The highest BCUT2D eigenvalue weighted by Crippen LogP contribution is 2.29. The third kappa shape index (κ3) is 4.77. The number of rotatable bonds is 7. The molecule has 1 amide bonds. The lowest BCUT2D eigenvalue weighted by Crippen LogP contribution is -2.15. The topological polar surface area (TPSA) is 72.7 Å². The number of amides is 1. The lowest BCUT2D eigenvalue weighted by Gasteiger charge is -2.05. The lowest BCUT2D eigenvalue weighted by molar-refractivity contribution is -0.115. The van der Waals surface area contributed by atoms with Crippen LogP contribution in [-0.4, -0.2) is 25.9 Å². The Bertz CT molecular complexity index is 1150. The Labute approximate surface area is 185 Å². The number of nitrogens with zero attached hydrogens (tertiary/aromatic N) is 4. The molecule has 0 atom stereocenters. The Morgan fingerprint density at radius 3 is 2.73 bits per heavy atom. The summed E-state index contributed by atoms with van der Waals surface area (Å²) >= 11 is 4.67. The maximum atomic E-state index is 13.2. The molecule has 6 nitrogen and oxygen atoms in total. The molecule has 0 aliphatic rings. The number of halogens is 1. The molecular weight excluding hydrogens is 441 g/mol. The molecule has 0 aliphatic heterocycles. The summed E-state index contributed by atoms with van der Waals surface area (Å²) in [4.78, 5) is 13.8. The van der Waals surface area contributed by atoms with Crippen molar-refractivity contribution >= 4 is 45.5 Å². The molecule has 1 aromatic carbocycles. The van der Waals surface area contributed by atoms with Crippen molar-refractivity contribution in [2.75, 3.05) is 5.32 Å². The van der Waals surface area contributed by atoms with E-state index in [1.54, 1.807) is 39.9 Å². The number of carbonyl (C=O) groups excluding carboxylic acids is 1. The molecule has 4 rings (SSSR count). The predicted octanol–water partition coefficient (Wildman–Crippen LogP) is 5.01. The highest BCUT2D eigenvalue weighted by atomic mass is 32.2. The number of nitrogens with one attached hydrogen (secondary N) is 1. The van der Waals surface area contributed by atoms with Gasteiger partial charge in [0.25, 0.3) is 0 Å². The SMILES string of the molecule is Cc1nn(-c2ccc(F)cc2)c(C)c1CC(=O)Nc1nnc(SCc2cccs2)s1. The van der Waals surface area contributed by atoms with Crippen LogP contribution >= 0.6 is 34.4 Å². The van der Waals surface area contributed by atoms with Gasteiger partial charge in [-0.15, -0.1) is 21.5 Å². The van der Waals surface area contributed by atoms with E-state index in [9.17, 15) is 9.18 Å². The van der Waals surface area contributed by atoms with E-state index in [0.29, 0.717) is 5.13 Å². The van der Waals surface area contributed by atoms with E-state index >= 15 is 0 Å². The average Bonchev–Trinajstić information content (AvgIpc) is 3.45. The maximum absolute atomic E-state index is 13.2. The van der Waals surface area contributed by atoms with Gasteiger partial charge >= 0.3 is 0 Å². The third-order valence-electron chi connectivity index (χ3n) is 4.42. The van der Waals surface area contributed by atoms with Gasteiger partial charge in [-0.3, -0.25) is 4.79 Å². The number of benzene rings is 1. The van der Waals surface area contributed by atoms with Crippen LogP contribution in [0.1, 0.15) is 21.8 Å². The van der Waals surface area contributed by atoms with E-state index < -0.39 is 0 Å². The summed E-state index contributed by atoms with van der Waals surface area (Å²) in [7, 11) is 0. The van der Waals surface area contributed by atoms with Gasteiger partial charge < -0.3 is 5.32 Å². The Hall–Kier alpha value is -2.56. The second-order valence-corrected chi connectivity index (χ2v) is 9.74. The predicted molar refractivity (Wildman–Crippen MR) is 119 cm³/mol. The molecule has 3 aromatic heterocycles. The minimum absolute atomic E-state index is 0.175. The van der Waals surface area contributed by atoms with E-state index in [2.05, 4.69) is 26.7 Å². The van der Waals surface area contributed by atoms with Gasteiger partial charge in [0.2, 0.25) is 11.0 Å². The van der Waals surface area contributed by atoms with Crippen LogP contribution in [0.2, 0.25) is 0 Å². The standard InChI is InChI=1S/C20H18FN5OS3/c1-12-17(13(2)26(25-12)15-7-5-14(21)6-8-15)10-18(27)22-19-23-24-20(30-19)29-11-16-4-3-9-28-16/h3-9H,10-11H2,1-2H3,(H,22,23,27). The molecule has 0 saturated heterocycles. The average molecular weight is 460 g/mol. The van der Waals surface area contributed by atoms with E-state index in [0.717, 1.165) is 32.7 Å². The Morgan fingerprint density at radius 1 is 1.20 bits per heavy atom. The summed E-state index contributed by atoms with van der Waals surface area (Å²) in [5.74, 6) is 0.358. The molecule has 0 bridgehead atoms. The first kappa shape index (κ1) is 20.7. The Morgan fingerprint density at radius 2 is 2.00 bits per heavy atom. The van der Waals surface area contributed by atoms with Crippen molar-refractivity contribution < 1.29 is 9.18 Å². The van der Waals surface area contributed by atoms with E-state index in [1.165, 1.54) is 28.3 Å². The molecule has 0 saturated carbocycles. The van der Waals surface area contributed by atoms with Crippen LogP contribution in [0.4, 0.5) is 9.52 Å². The fraction of sp³-hybridized carbons (Fsp3) is 0.200. The highest BCUT2D eigenvalue weighted by Gasteiger charge is 2.17. The molecule has 4 aromatic rings. The summed E-state index contributed by atoms with van der Waals surface area (Å²) in [5.41, 5.74) is 3.20. The number of thiophene rings is 1. The third-order valence-corrected chi connectivity index (χ3v) is 7.50. The first-order valence-corrected chi connectivity index (χ1v) is 11.8. The molecule has 1 N–H and O–H groups in total. The number of carbonyl (C=O) groups is 1. The number of hydrogen-bond acceptors (Lipinski definition) is 7. The molecule has 0 aliphatic carbocycles. The monoisotopic (exact) mass is 459 g/mol. The largest absolute Gasteiger partial charge is 0.300 e. The maximum Gasteiger partial charge on any atom is 0.230 e. The minimum Gasteiger partial charge on any atom is -0.300 e. The zero-order valence-corrected chi connectivity index (χ0v) is 18.7. The molecule has 10 heteroatoms. The Kier molecular flexibility index (Phi) is 6.26. The lowest BCUT2D eigenvalue weighted by atomic mass is 10.1. The van der Waals surface area contributed by atoms with Crippen molar-refractivity contribution in [1.82, 2.24) is 20.0 Å². The van der Waals surface area contributed by atoms with Crippen LogP contribution in [0.25, 0.3) is 5.69 Å². The van der Waals surface area contributed by atoms with Gasteiger partial charge in [0.05, 0.1) is 17.8 Å². The van der Waals surface area contributed by atoms with Gasteiger partial charge in [-0.2, -0.15) is 5.10 Å². The molecule has 0 radical (unpaired) electrons. The van der Waals surface area contributed by atoms with Crippen LogP contribution in [-0.2, 0) is 17.0 Å². The number of aromatic nitrogens is 4. The fourth-order valence-electron chi connectivity index (χ4n) is 2.93. The highest BCUT2D eigenvalue weighted by molar-refractivity contribution is 8.00. The molecule has 30 heavy (non-hydrogen) atoms. The van der Waals surface area contributed by atoms with E-state index in [-0.39, 0.29) is 18.1 Å². The van der Waals surface area contributed by atoms with Crippen molar-refractivity contribution in [3.05, 3.63) is 69.4 Å². The van der Waals surface area contributed by atoms with Crippen molar-refractivity contribution in [2.45, 2.75) is 30.4 Å². The van der Waals surface area contributed by atoms with Crippen molar-refractivity contribution in [3.8, 4) is 5.69 Å². The van der Waals surface area contributed by atoms with Crippen LogP contribution in [0.5, 0.6) is 0 Å². The van der Waals surface area contributed by atoms with Gasteiger partial charge in [-0.25, -0.2) is 9.07 Å². The molecular formula is C20H18FN5OS3. The van der Waals surface area contributed by atoms with Gasteiger partial charge in [-0.05, 0) is 49.6 Å². The zero-order chi connectivity index (χ0) is 21.1. The fourth-order valence-corrected chi connectivity index (χ4v) is 5.48. The molecule has 0 spiro atoms. The Balaban J connectivity index is 1.40. The van der Waals surface area contributed by atoms with Gasteiger partial charge in [0, 0.05) is 21.9 Å². The molecule has 0 unspecified atom stereocenters. The summed E-state index contributed by atoms with van der Waals surface area (Å²) in [6.45, 7) is 3.76. The van der Waals surface area contributed by atoms with E-state index in [4.69, 9.17) is 0 Å². The molecule has 0 fully saturated rings. The number of thioether (sulfide) groups is 1. The van der Waals surface area contributed by atoms with Gasteiger partial charge in [0.1, 0.15) is 5.82 Å². The number of anilines is 1. The quantitative estimate of drug-likeness (QED) is 0.311. The minimum atomic E-state index is -0.301. The molecule has 3 heterocycles. The van der Waals surface area contributed by atoms with Crippen molar-refractivity contribution in [1.29, 1.82) is 0 Å². The molecule has 154 valence electrons. The normalized spacial score (nSPS) is 11.0. The zero-order valence-electron chi connectivity index (χ0n) is 16.3. The van der Waals surface area contributed by atoms with Crippen LogP contribution in [0, 0.1) is 19.7 Å². The summed E-state index contributed by atoms with van der Waals surface area (Å²) in [5, 5.41) is 18.1. The second-order valence-electron chi connectivity index (χ2n) is 6.50. The summed E-state index contributed by atoms with van der Waals surface area (Å²) < 4.78 is 15.7.